The van der Waals surface area contributed by atoms with E-state index in [2.05, 4.69) is 43.3 Å². The predicted octanol–water partition coefficient (Wildman–Crippen LogP) is 3.88. The summed E-state index contributed by atoms with van der Waals surface area (Å²) in [6.07, 6.45) is 0. The largest absolute Gasteiger partial charge is 0.399 e. The summed E-state index contributed by atoms with van der Waals surface area (Å²) in [5.74, 6) is 0. The fraction of sp³-hybridized carbons (Fsp3) is 0.0667. The first-order valence-corrected chi connectivity index (χ1v) is 5.43. The van der Waals surface area contributed by atoms with Gasteiger partial charge in [-0.25, -0.2) is 0 Å². The second kappa shape index (κ2) is 3.24. The first-order valence-electron chi connectivity index (χ1n) is 5.43. The highest BCUT2D eigenvalue weighted by molar-refractivity contribution is 6.09. The topological polar surface area (TPSA) is 26.0 Å². The molecule has 3 aromatic carbocycles. The molecule has 0 aliphatic carbocycles. The van der Waals surface area contributed by atoms with Gasteiger partial charge < -0.3 is 5.73 Å². The molecule has 0 amide bonds. The van der Waals surface area contributed by atoms with Crippen molar-refractivity contribution in [3.05, 3.63) is 54.1 Å². The Labute approximate surface area is 94.5 Å². The third-order valence-electron chi connectivity index (χ3n) is 3.09. The van der Waals surface area contributed by atoms with Crippen LogP contribution >= 0.6 is 0 Å². The molecule has 0 bridgehead atoms. The van der Waals surface area contributed by atoms with Crippen molar-refractivity contribution in [2.75, 3.05) is 5.73 Å². The van der Waals surface area contributed by atoms with Gasteiger partial charge in [-0.05, 0) is 46.2 Å². The van der Waals surface area contributed by atoms with Crippen LogP contribution in [-0.2, 0) is 0 Å². The normalized spacial score (nSPS) is 11.1. The van der Waals surface area contributed by atoms with E-state index in [1.807, 2.05) is 12.1 Å². The van der Waals surface area contributed by atoms with Gasteiger partial charge in [0.1, 0.15) is 0 Å². The van der Waals surface area contributed by atoms with Gasteiger partial charge in [-0.15, -0.1) is 0 Å². The summed E-state index contributed by atoms with van der Waals surface area (Å²) in [6.45, 7) is 2.14. The summed E-state index contributed by atoms with van der Waals surface area (Å²) in [7, 11) is 0. The van der Waals surface area contributed by atoms with Crippen molar-refractivity contribution in [3.8, 4) is 0 Å². The van der Waals surface area contributed by atoms with Crippen molar-refractivity contribution >= 4 is 27.2 Å². The van der Waals surface area contributed by atoms with Crippen molar-refractivity contribution < 1.29 is 0 Å². The number of benzene rings is 3. The lowest BCUT2D eigenvalue weighted by Gasteiger charge is -2.07. The van der Waals surface area contributed by atoms with Gasteiger partial charge in [-0.2, -0.15) is 0 Å². The molecule has 0 fully saturated rings. The van der Waals surface area contributed by atoms with Crippen LogP contribution in [0, 0.1) is 6.92 Å². The lowest BCUT2D eigenvalue weighted by molar-refractivity contribution is 1.55. The van der Waals surface area contributed by atoms with Gasteiger partial charge in [-0.1, -0.05) is 36.4 Å². The third kappa shape index (κ3) is 1.25. The molecule has 1 nitrogen and oxygen atoms in total. The lowest BCUT2D eigenvalue weighted by Crippen LogP contribution is -1.86. The molecule has 0 aliphatic rings. The maximum Gasteiger partial charge on any atom is 0.0320 e. The Kier molecular flexibility index (Phi) is 1.87. The van der Waals surface area contributed by atoms with Crippen LogP contribution < -0.4 is 5.73 Å². The van der Waals surface area contributed by atoms with Crippen molar-refractivity contribution in [1.29, 1.82) is 0 Å². The van der Waals surface area contributed by atoms with E-state index >= 15 is 0 Å². The zero-order chi connectivity index (χ0) is 11.1. The highest BCUT2D eigenvalue weighted by Crippen LogP contribution is 2.29. The molecule has 0 spiro atoms. The SMILES string of the molecule is Cc1cc2cc(N)ccc2c2ccccc12. The molecule has 78 valence electrons. The fourth-order valence-corrected chi connectivity index (χ4v) is 2.32. The molecule has 0 unspecified atom stereocenters. The summed E-state index contributed by atoms with van der Waals surface area (Å²) in [6, 6.07) is 16.8. The molecule has 0 radical (unpaired) electrons. The number of anilines is 1. The van der Waals surface area contributed by atoms with Crippen LogP contribution in [0.4, 0.5) is 5.69 Å². The third-order valence-corrected chi connectivity index (χ3v) is 3.09. The number of nitrogen functional groups attached to an aromatic ring is 1. The number of nitrogens with two attached hydrogens (primary N) is 1. The van der Waals surface area contributed by atoms with Crippen LogP contribution in [0.5, 0.6) is 0 Å². The molecule has 0 saturated carbocycles. The monoisotopic (exact) mass is 207 g/mol. The number of hydrogen-bond acceptors (Lipinski definition) is 1. The summed E-state index contributed by atoms with van der Waals surface area (Å²) in [4.78, 5) is 0. The maximum absolute atomic E-state index is 5.82. The van der Waals surface area contributed by atoms with E-state index < -0.39 is 0 Å². The summed E-state index contributed by atoms with van der Waals surface area (Å²) in [5, 5.41) is 5.11. The highest BCUT2D eigenvalue weighted by atomic mass is 14.5. The van der Waals surface area contributed by atoms with Gasteiger partial charge in [0.05, 0.1) is 0 Å². The van der Waals surface area contributed by atoms with Gasteiger partial charge in [0, 0.05) is 5.69 Å². The average Bonchev–Trinajstić information content (AvgIpc) is 2.29. The van der Waals surface area contributed by atoms with Crippen molar-refractivity contribution in [3.63, 3.8) is 0 Å². The number of aryl methyl sites for hydroxylation is 1. The molecule has 0 aromatic heterocycles. The fourth-order valence-electron chi connectivity index (χ4n) is 2.32. The zero-order valence-corrected chi connectivity index (χ0v) is 9.20. The minimum atomic E-state index is 0.821. The zero-order valence-electron chi connectivity index (χ0n) is 9.20. The van der Waals surface area contributed by atoms with Gasteiger partial charge in [0.2, 0.25) is 0 Å². The number of hydrogen-bond donors (Lipinski definition) is 1. The van der Waals surface area contributed by atoms with Gasteiger partial charge in [0.15, 0.2) is 0 Å². The molecule has 1 heteroatoms. The standard InChI is InChI=1S/C15H13N/c1-10-8-11-9-12(16)6-7-14(11)15-5-3-2-4-13(10)15/h2-9H,16H2,1H3. The van der Waals surface area contributed by atoms with E-state index in [9.17, 15) is 0 Å². The first kappa shape index (κ1) is 9.22. The molecule has 3 rings (SSSR count). The second-order valence-electron chi connectivity index (χ2n) is 4.22. The molecule has 0 heterocycles. The quantitative estimate of drug-likeness (QED) is 0.439. The van der Waals surface area contributed by atoms with Crippen LogP contribution in [0.2, 0.25) is 0 Å². The Morgan fingerprint density at radius 2 is 1.56 bits per heavy atom. The minimum absolute atomic E-state index is 0.821. The number of rotatable bonds is 0. The summed E-state index contributed by atoms with van der Waals surface area (Å²) in [5.41, 5.74) is 7.94. The summed E-state index contributed by atoms with van der Waals surface area (Å²) < 4.78 is 0. The molecule has 0 atom stereocenters. The van der Waals surface area contributed by atoms with Crippen molar-refractivity contribution in [1.82, 2.24) is 0 Å². The van der Waals surface area contributed by atoms with Gasteiger partial charge in [0.25, 0.3) is 0 Å². The van der Waals surface area contributed by atoms with E-state index in [0.29, 0.717) is 0 Å². The average molecular weight is 207 g/mol. The molecule has 3 aromatic rings. The Bertz CT molecular complexity index is 683. The van der Waals surface area contributed by atoms with E-state index in [1.165, 1.54) is 27.1 Å². The molecular weight excluding hydrogens is 194 g/mol. The molecule has 16 heavy (non-hydrogen) atoms. The van der Waals surface area contributed by atoms with Crippen LogP contribution in [-0.4, -0.2) is 0 Å². The molecule has 2 N–H and O–H groups in total. The van der Waals surface area contributed by atoms with Crippen LogP contribution in [0.3, 0.4) is 0 Å². The van der Waals surface area contributed by atoms with E-state index in [4.69, 9.17) is 5.73 Å². The highest BCUT2D eigenvalue weighted by Gasteiger charge is 2.03. The molecule has 0 saturated heterocycles. The van der Waals surface area contributed by atoms with Gasteiger partial charge in [-0.3, -0.25) is 0 Å². The summed E-state index contributed by atoms with van der Waals surface area (Å²) >= 11 is 0. The molecular formula is C15H13N. The Hall–Kier alpha value is -2.02. The van der Waals surface area contributed by atoms with Crippen molar-refractivity contribution in [2.45, 2.75) is 6.92 Å². The van der Waals surface area contributed by atoms with Gasteiger partial charge >= 0.3 is 0 Å². The predicted molar refractivity (Wildman–Crippen MR) is 70.6 cm³/mol. The first-order chi connectivity index (χ1) is 7.75. The van der Waals surface area contributed by atoms with Crippen LogP contribution in [0.15, 0.2) is 48.5 Å². The van der Waals surface area contributed by atoms with E-state index in [-0.39, 0.29) is 0 Å². The Morgan fingerprint density at radius 3 is 2.38 bits per heavy atom. The van der Waals surface area contributed by atoms with Crippen LogP contribution in [0.1, 0.15) is 5.56 Å². The maximum atomic E-state index is 5.82. The van der Waals surface area contributed by atoms with Crippen LogP contribution in [0.25, 0.3) is 21.5 Å². The smallest absolute Gasteiger partial charge is 0.0320 e. The lowest BCUT2D eigenvalue weighted by atomic mass is 9.98. The second-order valence-corrected chi connectivity index (χ2v) is 4.22. The van der Waals surface area contributed by atoms with E-state index in [1.54, 1.807) is 0 Å². The number of fused-ring (bicyclic) bond motifs is 3. The minimum Gasteiger partial charge on any atom is -0.399 e. The van der Waals surface area contributed by atoms with E-state index in [0.717, 1.165) is 5.69 Å². The Balaban J connectivity index is 2.59. The molecule has 0 aliphatic heterocycles. The Morgan fingerprint density at radius 1 is 0.812 bits per heavy atom. The van der Waals surface area contributed by atoms with Crippen molar-refractivity contribution in [2.24, 2.45) is 0 Å².